The zero-order chi connectivity index (χ0) is 29.3. The van der Waals surface area contributed by atoms with Crippen LogP contribution in [0.3, 0.4) is 0 Å². The molecule has 0 aliphatic heterocycles. The molecule has 7 nitrogen and oxygen atoms in total. The van der Waals surface area contributed by atoms with Gasteiger partial charge in [0.1, 0.15) is 6.04 Å². The molecule has 0 saturated carbocycles. The maximum Gasteiger partial charge on any atom is 0.243 e. The monoisotopic (exact) mass is 603 g/mol. The van der Waals surface area contributed by atoms with Gasteiger partial charge in [-0.2, -0.15) is 0 Å². The number of halogens is 2. The van der Waals surface area contributed by atoms with Crippen LogP contribution in [0.4, 0.5) is 5.69 Å². The van der Waals surface area contributed by atoms with Crippen LogP contribution in [-0.4, -0.2) is 50.0 Å². The Bertz CT molecular complexity index is 1390. The van der Waals surface area contributed by atoms with Crippen LogP contribution in [0.25, 0.3) is 0 Å². The van der Waals surface area contributed by atoms with Crippen molar-refractivity contribution in [3.8, 4) is 0 Å². The van der Waals surface area contributed by atoms with Gasteiger partial charge >= 0.3 is 0 Å². The molecule has 1 atom stereocenters. The van der Waals surface area contributed by atoms with Crippen LogP contribution in [0.1, 0.15) is 37.8 Å². The highest BCUT2D eigenvalue weighted by molar-refractivity contribution is 7.92. The first-order chi connectivity index (χ1) is 19.0. The molecule has 0 heterocycles. The lowest BCUT2D eigenvalue weighted by molar-refractivity contribution is -0.141. The van der Waals surface area contributed by atoms with Gasteiger partial charge in [-0.05, 0) is 55.7 Å². The van der Waals surface area contributed by atoms with Crippen LogP contribution in [0.15, 0.2) is 78.9 Å². The average molecular weight is 605 g/mol. The van der Waals surface area contributed by atoms with E-state index in [0.29, 0.717) is 27.7 Å². The zero-order valence-electron chi connectivity index (χ0n) is 22.9. The fraction of sp³-hybridized carbons (Fsp3) is 0.333. The summed E-state index contributed by atoms with van der Waals surface area (Å²) in [5.41, 5.74) is 2.08. The van der Waals surface area contributed by atoms with Crippen LogP contribution < -0.4 is 9.62 Å². The summed E-state index contributed by atoms with van der Waals surface area (Å²) in [7, 11) is -3.56. The molecule has 214 valence electrons. The summed E-state index contributed by atoms with van der Waals surface area (Å²) in [4.78, 5) is 28.8. The van der Waals surface area contributed by atoms with Crippen molar-refractivity contribution in [3.05, 3.63) is 100 Å². The Morgan fingerprint density at radius 2 is 1.55 bits per heavy atom. The summed E-state index contributed by atoms with van der Waals surface area (Å²) in [6, 6.07) is 22.3. The van der Waals surface area contributed by atoms with E-state index in [1.165, 1.54) is 9.21 Å². The van der Waals surface area contributed by atoms with Gasteiger partial charge in [-0.1, -0.05) is 77.8 Å². The number of anilines is 1. The standard InChI is InChI=1S/C30H35Cl2N3O4S/c1-22(2)33-30(37)28(19-23-11-6-4-7-12-23)34(21-24-16-17-25(31)20-27(24)32)29(36)15-10-18-35(40(3,38)39)26-13-8-5-9-14-26/h4-9,11-14,16-17,20,22,28H,10,15,18-19,21H2,1-3H3,(H,33,37)/t28-/m1/s1. The summed E-state index contributed by atoms with van der Waals surface area (Å²) < 4.78 is 26.3. The van der Waals surface area contributed by atoms with Crippen molar-refractivity contribution in [2.75, 3.05) is 17.1 Å². The number of hydrogen-bond donors (Lipinski definition) is 1. The minimum absolute atomic E-state index is 0.0321. The summed E-state index contributed by atoms with van der Waals surface area (Å²) in [6.07, 6.45) is 1.73. The largest absolute Gasteiger partial charge is 0.352 e. The molecule has 3 aromatic rings. The highest BCUT2D eigenvalue weighted by Gasteiger charge is 2.31. The van der Waals surface area contributed by atoms with Crippen molar-refractivity contribution in [3.63, 3.8) is 0 Å². The van der Waals surface area contributed by atoms with Crippen LogP contribution in [0, 0.1) is 0 Å². The van der Waals surface area contributed by atoms with Gasteiger partial charge in [-0.25, -0.2) is 8.42 Å². The van der Waals surface area contributed by atoms with E-state index in [2.05, 4.69) is 5.32 Å². The summed E-state index contributed by atoms with van der Waals surface area (Å²) in [5.74, 6) is -0.563. The number of nitrogens with one attached hydrogen (secondary N) is 1. The van der Waals surface area contributed by atoms with E-state index in [1.54, 1.807) is 42.5 Å². The van der Waals surface area contributed by atoms with E-state index < -0.39 is 16.1 Å². The molecule has 0 fully saturated rings. The first-order valence-corrected chi connectivity index (χ1v) is 15.7. The minimum Gasteiger partial charge on any atom is -0.352 e. The molecule has 0 saturated heterocycles. The van der Waals surface area contributed by atoms with Crippen molar-refractivity contribution >= 4 is 50.7 Å². The number of para-hydroxylation sites is 1. The predicted molar refractivity (Wildman–Crippen MR) is 162 cm³/mol. The van der Waals surface area contributed by atoms with Crippen molar-refractivity contribution in [2.24, 2.45) is 0 Å². The molecular weight excluding hydrogens is 569 g/mol. The van der Waals surface area contributed by atoms with Gasteiger partial charge < -0.3 is 10.2 Å². The SMILES string of the molecule is CC(C)NC(=O)[C@@H](Cc1ccccc1)N(Cc1ccc(Cl)cc1Cl)C(=O)CCCN(c1ccccc1)S(C)(=O)=O. The number of benzene rings is 3. The second-order valence-corrected chi connectivity index (χ2v) is 12.7. The number of nitrogens with zero attached hydrogens (tertiary/aromatic N) is 2. The highest BCUT2D eigenvalue weighted by atomic mass is 35.5. The molecular formula is C30H35Cl2N3O4S. The van der Waals surface area contributed by atoms with Crippen molar-refractivity contribution < 1.29 is 18.0 Å². The molecule has 0 unspecified atom stereocenters. The molecule has 0 aliphatic rings. The van der Waals surface area contributed by atoms with Crippen LogP contribution >= 0.6 is 23.2 Å². The van der Waals surface area contributed by atoms with E-state index in [9.17, 15) is 18.0 Å². The Hall–Kier alpha value is -3.07. The number of amides is 2. The molecule has 0 spiro atoms. The van der Waals surface area contributed by atoms with Gasteiger partial charge in [0.25, 0.3) is 0 Å². The van der Waals surface area contributed by atoms with Crippen molar-refractivity contribution in [1.82, 2.24) is 10.2 Å². The Morgan fingerprint density at radius 1 is 0.925 bits per heavy atom. The lowest BCUT2D eigenvalue weighted by Gasteiger charge is -2.32. The third-order valence-corrected chi connectivity index (χ3v) is 8.04. The van der Waals surface area contributed by atoms with Crippen molar-refractivity contribution in [1.29, 1.82) is 0 Å². The molecule has 10 heteroatoms. The van der Waals surface area contributed by atoms with Crippen LogP contribution in [-0.2, 0) is 32.6 Å². The highest BCUT2D eigenvalue weighted by Crippen LogP contribution is 2.25. The second-order valence-electron chi connectivity index (χ2n) is 9.90. The smallest absolute Gasteiger partial charge is 0.243 e. The molecule has 0 radical (unpaired) electrons. The normalized spacial score (nSPS) is 12.2. The molecule has 3 aromatic carbocycles. The number of hydrogen-bond acceptors (Lipinski definition) is 4. The fourth-order valence-electron chi connectivity index (χ4n) is 4.37. The van der Waals surface area contributed by atoms with E-state index >= 15 is 0 Å². The number of rotatable bonds is 13. The van der Waals surface area contributed by atoms with Crippen LogP contribution in [0.5, 0.6) is 0 Å². The molecule has 40 heavy (non-hydrogen) atoms. The Labute approximate surface area is 247 Å². The summed E-state index contributed by atoms with van der Waals surface area (Å²) in [6.45, 7) is 3.93. The molecule has 0 bridgehead atoms. The average Bonchev–Trinajstić information content (AvgIpc) is 2.89. The molecule has 2 amide bonds. The first-order valence-electron chi connectivity index (χ1n) is 13.1. The van der Waals surface area contributed by atoms with E-state index in [1.807, 2.05) is 50.2 Å². The molecule has 0 aromatic heterocycles. The van der Waals surface area contributed by atoms with Gasteiger partial charge in [-0.3, -0.25) is 13.9 Å². The van der Waals surface area contributed by atoms with Gasteiger partial charge in [0.15, 0.2) is 0 Å². The van der Waals surface area contributed by atoms with Gasteiger partial charge in [0.2, 0.25) is 21.8 Å². The molecule has 0 aliphatic carbocycles. The Balaban J connectivity index is 1.90. The Morgan fingerprint density at radius 3 is 2.12 bits per heavy atom. The maximum absolute atomic E-state index is 13.8. The molecule has 1 N–H and O–H groups in total. The van der Waals surface area contributed by atoms with E-state index in [4.69, 9.17) is 23.2 Å². The first kappa shape index (κ1) is 31.5. The van der Waals surface area contributed by atoms with Gasteiger partial charge in [0, 0.05) is 42.0 Å². The molecule has 3 rings (SSSR count). The third-order valence-electron chi connectivity index (χ3n) is 6.25. The minimum atomic E-state index is -3.56. The van der Waals surface area contributed by atoms with Gasteiger partial charge in [0.05, 0.1) is 11.9 Å². The topological polar surface area (TPSA) is 86.8 Å². The predicted octanol–water partition coefficient (Wildman–Crippen LogP) is 5.70. The summed E-state index contributed by atoms with van der Waals surface area (Å²) in [5, 5.41) is 3.80. The van der Waals surface area contributed by atoms with E-state index in [-0.39, 0.29) is 43.8 Å². The number of sulfonamides is 1. The number of carbonyl (C=O) groups excluding carboxylic acids is 2. The summed E-state index contributed by atoms with van der Waals surface area (Å²) >= 11 is 12.6. The third kappa shape index (κ3) is 9.25. The maximum atomic E-state index is 13.8. The lowest BCUT2D eigenvalue weighted by atomic mass is 10.0. The van der Waals surface area contributed by atoms with E-state index in [0.717, 1.165) is 11.8 Å². The fourth-order valence-corrected chi connectivity index (χ4v) is 5.80. The quantitative estimate of drug-likeness (QED) is 0.271. The van der Waals surface area contributed by atoms with Gasteiger partial charge in [-0.15, -0.1) is 0 Å². The number of carbonyl (C=O) groups is 2. The lowest BCUT2D eigenvalue weighted by Crippen LogP contribution is -2.51. The van der Waals surface area contributed by atoms with Crippen molar-refractivity contribution in [2.45, 2.75) is 51.7 Å². The zero-order valence-corrected chi connectivity index (χ0v) is 25.2. The van der Waals surface area contributed by atoms with Crippen LogP contribution in [0.2, 0.25) is 10.0 Å². The Kier molecular flexibility index (Phi) is 11.4. The second kappa shape index (κ2) is 14.5.